The van der Waals surface area contributed by atoms with Crippen molar-refractivity contribution in [3.05, 3.63) is 35.4 Å². The molecule has 0 bridgehead atoms. The molecule has 2 rings (SSSR count). The van der Waals surface area contributed by atoms with Crippen LogP contribution in [0.4, 0.5) is 0 Å². The molecule has 1 aromatic carbocycles. The average Bonchev–Trinajstić information content (AvgIpc) is 2.75. The van der Waals surface area contributed by atoms with Crippen LogP contribution in [-0.2, 0) is 11.2 Å². The van der Waals surface area contributed by atoms with Crippen molar-refractivity contribution in [2.24, 2.45) is 5.92 Å². The third-order valence-corrected chi connectivity index (χ3v) is 3.95. The molecule has 3 atom stereocenters. The van der Waals surface area contributed by atoms with E-state index < -0.39 is 11.9 Å². The van der Waals surface area contributed by atoms with Crippen LogP contribution in [0.1, 0.15) is 43.2 Å². The minimum Gasteiger partial charge on any atom is -0.550 e. The molecule has 3 unspecified atom stereocenters. The van der Waals surface area contributed by atoms with Gasteiger partial charge in [0.25, 0.3) is 0 Å². The quantitative estimate of drug-likeness (QED) is 0.660. The third-order valence-electron chi connectivity index (χ3n) is 3.95. The molecule has 4 heteroatoms. The minimum atomic E-state index is -1.05. The Morgan fingerprint density at radius 3 is 2.47 bits per heavy atom. The minimum absolute atomic E-state index is 0. The fourth-order valence-corrected chi connectivity index (χ4v) is 2.64. The van der Waals surface area contributed by atoms with Crippen LogP contribution in [0.15, 0.2) is 24.3 Å². The molecule has 0 spiro atoms. The molecular formula is C15H19NaO3. The van der Waals surface area contributed by atoms with Gasteiger partial charge in [0.15, 0.2) is 0 Å². The van der Waals surface area contributed by atoms with Gasteiger partial charge in [0, 0.05) is 11.9 Å². The van der Waals surface area contributed by atoms with Gasteiger partial charge >= 0.3 is 29.6 Å². The van der Waals surface area contributed by atoms with Crippen molar-refractivity contribution in [3.8, 4) is 0 Å². The molecule has 98 valence electrons. The standard InChI is InChI=1S/C15H20O3.Na/c1-10(15(17)18)12-7-5-11(6-8-12)9-13-3-2-4-14(13)16;/h5-8,10,13-14,16H,2-4,9H2,1H3,(H,17,18);/q;+1/p-1. The van der Waals surface area contributed by atoms with Crippen LogP contribution in [0.2, 0.25) is 0 Å². The summed E-state index contributed by atoms with van der Waals surface area (Å²) >= 11 is 0. The summed E-state index contributed by atoms with van der Waals surface area (Å²) in [6.07, 6.45) is 3.79. The Morgan fingerprint density at radius 2 is 2.00 bits per heavy atom. The number of carbonyl (C=O) groups is 1. The van der Waals surface area contributed by atoms with E-state index in [1.807, 2.05) is 24.3 Å². The van der Waals surface area contributed by atoms with E-state index in [0.29, 0.717) is 5.92 Å². The maximum atomic E-state index is 10.8. The number of hydrogen-bond acceptors (Lipinski definition) is 3. The first-order valence-corrected chi connectivity index (χ1v) is 6.55. The smallest absolute Gasteiger partial charge is 0.550 e. The van der Waals surface area contributed by atoms with Gasteiger partial charge in [-0.1, -0.05) is 37.6 Å². The third kappa shape index (κ3) is 4.32. The second-order valence-corrected chi connectivity index (χ2v) is 5.24. The molecule has 1 fully saturated rings. The van der Waals surface area contributed by atoms with Crippen LogP contribution in [0.5, 0.6) is 0 Å². The zero-order chi connectivity index (χ0) is 13.1. The fraction of sp³-hybridized carbons (Fsp3) is 0.533. The Bertz CT molecular complexity index is 416. The second-order valence-electron chi connectivity index (χ2n) is 5.24. The SMILES string of the molecule is CC(C(=O)[O-])c1ccc(CC2CCCC2O)cc1.[Na+]. The van der Waals surface area contributed by atoms with E-state index in [1.165, 1.54) is 0 Å². The number of rotatable bonds is 4. The van der Waals surface area contributed by atoms with Crippen LogP contribution in [0.3, 0.4) is 0 Å². The first-order valence-electron chi connectivity index (χ1n) is 6.55. The van der Waals surface area contributed by atoms with Crippen LogP contribution in [0.25, 0.3) is 0 Å². The largest absolute Gasteiger partial charge is 1.00 e. The molecule has 0 radical (unpaired) electrons. The van der Waals surface area contributed by atoms with E-state index in [2.05, 4.69) is 0 Å². The summed E-state index contributed by atoms with van der Waals surface area (Å²) in [6.45, 7) is 1.63. The summed E-state index contributed by atoms with van der Waals surface area (Å²) in [4.78, 5) is 10.8. The summed E-state index contributed by atoms with van der Waals surface area (Å²) in [5.74, 6) is -1.26. The van der Waals surface area contributed by atoms with Gasteiger partial charge in [0.1, 0.15) is 0 Å². The van der Waals surface area contributed by atoms with Crippen molar-refractivity contribution in [1.82, 2.24) is 0 Å². The van der Waals surface area contributed by atoms with Crippen LogP contribution in [0, 0.1) is 5.92 Å². The summed E-state index contributed by atoms with van der Waals surface area (Å²) < 4.78 is 0. The number of aliphatic hydroxyl groups is 1. The van der Waals surface area contributed by atoms with E-state index in [1.54, 1.807) is 6.92 Å². The van der Waals surface area contributed by atoms with Gasteiger partial charge in [0.05, 0.1) is 6.10 Å². The number of carboxylic acids is 1. The molecule has 1 aliphatic carbocycles. The Labute approximate surface area is 136 Å². The second kappa shape index (κ2) is 7.44. The number of benzene rings is 1. The van der Waals surface area contributed by atoms with Crippen molar-refractivity contribution in [3.63, 3.8) is 0 Å². The zero-order valence-electron chi connectivity index (χ0n) is 11.6. The van der Waals surface area contributed by atoms with E-state index in [9.17, 15) is 15.0 Å². The summed E-state index contributed by atoms with van der Waals surface area (Å²) in [5, 5.41) is 20.5. The normalized spacial score (nSPS) is 23.7. The molecule has 1 aliphatic rings. The van der Waals surface area contributed by atoms with Crippen molar-refractivity contribution < 1.29 is 44.6 Å². The van der Waals surface area contributed by atoms with Crippen molar-refractivity contribution in [2.45, 2.75) is 44.6 Å². The number of carbonyl (C=O) groups excluding carboxylic acids is 1. The van der Waals surface area contributed by atoms with Crippen LogP contribution < -0.4 is 34.7 Å². The van der Waals surface area contributed by atoms with Gasteiger partial charge in [-0.15, -0.1) is 0 Å². The first-order chi connectivity index (χ1) is 8.58. The number of carboxylic acid groups (broad SMARTS) is 1. The van der Waals surface area contributed by atoms with Gasteiger partial charge in [0.2, 0.25) is 0 Å². The molecule has 0 heterocycles. The fourth-order valence-electron chi connectivity index (χ4n) is 2.64. The molecule has 19 heavy (non-hydrogen) atoms. The summed E-state index contributed by atoms with van der Waals surface area (Å²) in [5.41, 5.74) is 1.93. The zero-order valence-corrected chi connectivity index (χ0v) is 13.6. The average molecular weight is 270 g/mol. The molecular weight excluding hydrogens is 251 g/mol. The van der Waals surface area contributed by atoms with Gasteiger partial charge in [-0.2, -0.15) is 0 Å². The van der Waals surface area contributed by atoms with Crippen LogP contribution in [-0.4, -0.2) is 17.2 Å². The molecule has 0 aliphatic heterocycles. The number of hydrogen-bond donors (Lipinski definition) is 1. The Hall–Kier alpha value is -0.350. The number of aliphatic hydroxyl groups excluding tert-OH is 1. The number of aliphatic carboxylic acids is 1. The Morgan fingerprint density at radius 1 is 1.37 bits per heavy atom. The topological polar surface area (TPSA) is 60.4 Å². The molecule has 0 saturated heterocycles. The predicted molar refractivity (Wildman–Crippen MR) is 66.9 cm³/mol. The molecule has 1 saturated carbocycles. The van der Waals surface area contributed by atoms with Crippen molar-refractivity contribution in [1.29, 1.82) is 0 Å². The van der Waals surface area contributed by atoms with E-state index in [4.69, 9.17) is 0 Å². The molecule has 0 amide bonds. The van der Waals surface area contributed by atoms with E-state index in [0.717, 1.165) is 36.8 Å². The van der Waals surface area contributed by atoms with E-state index in [-0.39, 0.29) is 35.7 Å². The van der Waals surface area contributed by atoms with Gasteiger partial charge in [-0.25, -0.2) is 0 Å². The molecule has 1 N–H and O–H groups in total. The van der Waals surface area contributed by atoms with Gasteiger partial charge < -0.3 is 15.0 Å². The summed E-state index contributed by atoms with van der Waals surface area (Å²) in [6, 6.07) is 7.61. The maximum absolute atomic E-state index is 10.8. The maximum Gasteiger partial charge on any atom is 1.00 e. The van der Waals surface area contributed by atoms with Crippen LogP contribution >= 0.6 is 0 Å². The Balaban J connectivity index is 0.00000180. The van der Waals surface area contributed by atoms with Crippen molar-refractivity contribution in [2.75, 3.05) is 0 Å². The van der Waals surface area contributed by atoms with Gasteiger partial charge in [-0.3, -0.25) is 0 Å². The van der Waals surface area contributed by atoms with Gasteiger partial charge in [-0.05, 0) is 36.3 Å². The first kappa shape index (κ1) is 16.7. The van der Waals surface area contributed by atoms with Crippen molar-refractivity contribution >= 4 is 5.97 Å². The molecule has 3 nitrogen and oxygen atoms in total. The monoisotopic (exact) mass is 270 g/mol. The Kier molecular flexibility index (Phi) is 6.54. The summed E-state index contributed by atoms with van der Waals surface area (Å²) in [7, 11) is 0. The predicted octanol–water partition coefficient (Wildman–Crippen LogP) is -1.75. The van der Waals surface area contributed by atoms with E-state index >= 15 is 0 Å². The molecule has 0 aromatic heterocycles. The molecule has 1 aromatic rings.